The van der Waals surface area contributed by atoms with E-state index in [-0.39, 0.29) is 22.6 Å². The molecule has 2 aromatic carbocycles. The van der Waals surface area contributed by atoms with Crippen molar-refractivity contribution >= 4 is 28.9 Å². The van der Waals surface area contributed by atoms with Crippen molar-refractivity contribution in [3.05, 3.63) is 54.1 Å². The first kappa shape index (κ1) is 23.8. The van der Waals surface area contributed by atoms with Crippen LogP contribution in [-0.2, 0) is 15.5 Å². The Morgan fingerprint density at radius 1 is 0.935 bits per heavy atom. The molecule has 31 heavy (non-hydrogen) atoms. The standard InChI is InChI=1S/C20H18F5N3O3/c1-11(26)16(18(30)28-14-5-3-4-12(10-14)19(2,21)22)17(29)27-13-6-8-15(9-7-13)31-20(23,24)25/h3-10,16,26H,1-2H3,(H,27,29)(H,28,30). The summed E-state index contributed by atoms with van der Waals surface area (Å²) in [5.74, 6) is -7.10. The van der Waals surface area contributed by atoms with Gasteiger partial charge in [-0.15, -0.1) is 13.2 Å². The summed E-state index contributed by atoms with van der Waals surface area (Å²) in [6, 6.07) is 9.05. The molecule has 0 saturated heterocycles. The van der Waals surface area contributed by atoms with Crippen LogP contribution in [0.15, 0.2) is 48.5 Å². The largest absolute Gasteiger partial charge is 0.573 e. The molecule has 0 aliphatic carbocycles. The summed E-state index contributed by atoms with van der Waals surface area (Å²) in [4.78, 5) is 25.0. The van der Waals surface area contributed by atoms with Gasteiger partial charge in [0, 0.05) is 29.6 Å². The molecule has 1 atom stereocenters. The Morgan fingerprint density at radius 3 is 1.97 bits per heavy atom. The first-order valence-electron chi connectivity index (χ1n) is 8.77. The molecule has 0 saturated carbocycles. The number of amides is 2. The van der Waals surface area contributed by atoms with E-state index in [2.05, 4.69) is 15.4 Å². The Kier molecular flexibility index (Phi) is 6.98. The topological polar surface area (TPSA) is 91.3 Å². The normalized spacial score (nSPS) is 12.6. The summed E-state index contributed by atoms with van der Waals surface area (Å²) in [5, 5.41) is 12.4. The molecule has 11 heteroatoms. The van der Waals surface area contributed by atoms with Gasteiger partial charge in [0.05, 0.1) is 0 Å². The van der Waals surface area contributed by atoms with Gasteiger partial charge in [-0.1, -0.05) is 12.1 Å². The van der Waals surface area contributed by atoms with Crippen LogP contribution in [0.5, 0.6) is 5.75 Å². The minimum atomic E-state index is -4.87. The van der Waals surface area contributed by atoms with Crippen LogP contribution < -0.4 is 15.4 Å². The van der Waals surface area contributed by atoms with E-state index >= 15 is 0 Å². The number of ether oxygens (including phenoxy) is 1. The monoisotopic (exact) mass is 443 g/mol. The molecule has 2 aromatic rings. The molecule has 0 heterocycles. The average molecular weight is 443 g/mol. The Bertz CT molecular complexity index is 969. The van der Waals surface area contributed by atoms with Crippen LogP contribution in [0.3, 0.4) is 0 Å². The molecule has 0 fully saturated rings. The second-order valence-corrected chi connectivity index (χ2v) is 6.64. The Balaban J connectivity index is 2.12. The van der Waals surface area contributed by atoms with Crippen molar-refractivity contribution in [1.29, 1.82) is 5.41 Å². The van der Waals surface area contributed by atoms with E-state index in [1.165, 1.54) is 25.1 Å². The second kappa shape index (κ2) is 9.11. The maximum Gasteiger partial charge on any atom is 0.573 e. The maximum atomic E-state index is 13.5. The smallest absolute Gasteiger partial charge is 0.406 e. The molecule has 6 nitrogen and oxygen atoms in total. The zero-order valence-corrected chi connectivity index (χ0v) is 16.3. The van der Waals surface area contributed by atoms with Crippen molar-refractivity contribution in [1.82, 2.24) is 0 Å². The molecule has 3 N–H and O–H groups in total. The minimum absolute atomic E-state index is 0.0109. The van der Waals surface area contributed by atoms with E-state index in [1.807, 2.05) is 0 Å². The van der Waals surface area contributed by atoms with Gasteiger partial charge in [-0.2, -0.15) is 0 Å². The van der Waals surface area contributed by atoms with Crippen molar-refractivity contribution in [2.24, 2.45) is 5.92 Å². The highest BCUT2D eigenvalue weighted by atomic mass is 19.4. The number of alkyl halides is 5. The van der Waals surface area contributed by atoms with Gasteiger partial charge in [0.25, 0.3) is 5.92 Å². The van der Waals surface area contributed by atoms with Crippen LogP contribution in [0.2, 0.25) is 0 Å². The summed E-state index contributed by atoms with van der Waals surface area (Å²) >= 11 is 0. The molecule has 2 amide bonds. The van der Waals surface area contributed by atoms with E-state index in [0.29, 0.717) is 6.92 Å². The minimum Gasteiger partial charge on any atom is -0.406 e. The van der Waals surface area contributed by atoms with E-state index in [9.17, 15) is 31.5 Å². The number of halogens is 5. The number of anilines is 2. The highest BCUT2D eigenvalue weighted by molar-refractivity contribution is 6.24. The Labute approximate surface area is 173 Å². The predicted molar refractivity (Wildman–Crippen MR) is 103 cm³/mol. The molecule has 0 aromatic heterocycles. The summed E-state index contributed by atoms with van der Waals surface area (Å²) in [6.07, 6.45) is -4.87. The SMILES string of the molecule is CC(=N)C(C(=O)Nc1ccc(OC(F)(F)F)cc1)C(=O)Nc1cccc(C(C)(F)F)c1. The zero-order valence-electron chi connectivity index (χ0n) is 16.3. The molecule has 0 aliphatic rings. The van der Waals surface area contributed by atoms with Gasteiger partial charge in [0.1, 0.15) is 5.75 Å². The average Bonchev–Trinajstić information content (AvgIpc) is 2.61. The Morgan fingerprint density at radius 2 is 1.48 bits per heavy atom. The maximum absolute atomic E-state index is 13.5. The molecule has 0 aliphatic heterocycles. The van der Waals surface area contributed by atoms with Gasteiger partial charge in [0.2, 0.25) is 11.8 Å². The molecule has 166 valence electrons. The summed E-state index contributed by atoms with van der Waals surface area (Å²) in [6.45, 7) is 1.90. The van der Waals surface area contributed by atoms with E-state index in [1.54, 1.807) is 0 Å². The number of hydrogen-bond acceptors (Lipinski definition) is 4. The fraction of sp³-hybridized carbons (Fsp3) is 0.250. The number of carbonyl (C=O) groups excluding carboxylic acids is 2. The number of nitrogens with one attached hydrogen (secondary N) is 3. The van der Waals surface area contributed by atoms with Gasteiger partial charge < -0.3 is 20.8 Å². The van der Waals surface area contributed by atoms with Crippen molar-refractivity contribution in [2.45, 2.75) is 26.1 Å². The van der Waals surface area contributed by atoms with Gasteiger partial charge in [-0.3, -0.25) is 9.59 Å². The van der Waals surface area contributed by atoms with Crippen molar-refractivity contribution < 1.29 is 36.3 Å². The zero-order chi connectivity index (χ0) is 23.4. The van der Waals surface area contributed by atoms with Crippen LogP contribution in [0.25, 0.3) is 0 Å². The van der Waals surface area contributed by atoms with Crippen LogP contribution in [-0.4, -0.2) is 23.9 Å². The lowest BCUT2D eigenvalue weighted by Crippen LogP contribution is -2.38. The van der Waals surface area contributed by atoms with Crippen molar-refractivity contribution in [3.8, 4) is 5.75 Å². The second-order valence-electron chi connectivity index (χ2n) is 6.64. The van der Waals surface area contributed by atoms with Crippen LogP contribution in [0.1, 0.15) is 19.4 Å². The molecule has 0 radical (unpaired) electrons. The molecular formula is C20H18F5N3O3. The Hall–Kier alpha value is -3.50. The van der Waals surface area contributed by atoms with Crippen LogP contribution >= 0.6 is 0 Å². The first-order valence-corrected chi connectivity index (χ1v) is 8.77. The van der Waals surface area contributed by atoms with E-state index < -0.39 is 35.8 Å². The lowest BCUT2D eigenvalue weighted by Gasteiger charge is -2.17. The van der Waals surface area contributed by atoms with Crippen LogP contribution in [0.4, 0.5) is 33.3 Å². The van der Waals surface area contributed by atoms with Crippen molar-refractivity contribution in [3.63, 3.8) is 0 Å². The van der Waals surface area contributed by atoms with Gasteiger partial charge in [0.15, 0.2) is 5.92 Å². The molecule has 0 bridgehead atoms. The number of hydrogen-bond donors (Lipinski definition) is 3. The van der Waals surface area contributed by atoms with Gasteiger partial charge >= 0.3 is 6.36 Å². The van der Waals surface area contributed by atoms with Gasteiger partial charge in [-0.05, 0) is 43.3 Å². The quantitative estimate of drug-likeness (QED) is 0.322. The lowest BCUT2D eigenvalue weighted by atomic mass is 10.0. The van der Waals surface area contributed by atoms with Crippen LogP contribution in [0, 0.1) is 11.3 Å². The van der Waals surface area contributed by atoms with E-state index in [4.69, 9.17) is 5.41 Å². The lowest BCUT2D eigenvalue weighted by molar-refractivity contribution is -0.274. The fourth-order valence-corrected chi connectivity index (χ4v) is 2.55. The van der Waals surface area contributed by atoms with Gasteiger partial charge in [-0.25, -0.2) is 8.78 Å². The highest BCUT2D eigenvalue weighted by Crippen LogP contribution is 2.29. The number of carbonyl (C=O) groups is 2. The number of rotatable bonds is 7. The molecule has 1 unspecified atom stereocenters. The summed E-state index contributed by atoms with van der Waals surface area (Å²) in [5.41, 5.74) is -0.606. The number of benzene rings is 2. The third-order valence-electron chi connectivity index (χ3n) is 3.95. The summed E-state index contributed by atoms with van der Waals surface area (Å²) < 4.78 is 67.3. The summed E-state index contributed by atoms with van der Waals surface area (Å²) in [7, 11) is 0. The predicted octanol–water partition coefficient (Wildman–Crippen LogP) is 4.93. The third-order valence-corrected chi connectivity index (χ3v) is 3.95. The highest BCUT2D eigenvalue weighted by Gasteiger charge is 2.32. The molecular weight excluding hydrogens is 425 g/mol. The van der Waals surface area contributed by atoms with Crippen molar-refractivity contribution in [2.75, 3.05) is 10.6 Å². The van der Waals surface area contributed by atoms with E-state index in [0.717, 1.165) is 30.3 Å². The first-order chi connectivity index (χ1) is 14.3. The molecule has 2 rings (SSSR count). The fourth-order valence-electron chi connectivity index (χ4n) is 2.55. The third kappa shape index (κ3) is 7.05. The molecule has 0 spiro atoms.